The minimum absolute atomic E-state index is 0.570. The predicted molar refractivity (Wildman–Crippen MR) is 51.2 cm³/mol. The number of rotatable bonds is 4. The number of carbonyl (C=O) groups is 1. The largest absolute Gasteiger partial charge is 0.347 e. The number of aldehydes is 1. The molecule has 0 bridgehead atoms. The molecular weight excluding hydrogens is 166 g/mol. The smallest absolute Gasteiger partial charge is 0.150 e. The Morgan fingerprint density at radius 1 is 1.54 bits per heavy atom. The van der Waals surface area contributed by atoms with Gasteiger partial charge in [0.1, 0.15) is 12.1 Å². The quantitative estimate of drug-likeness (QED) is 0.538. The molecule has 0 aromatic carbocycles. The average Bonchev–Trinajstić information content (AvgIpc) is 2.19. The highest BCUT2D eigenvalue weighted by Gasteiger charge is 1.92. The molecule has 1 aromatic rings. The summed E-state index contributed by atoms with van der Waals surface area (Å²) < 4.78 is 0. The van der Waals surface area contributed by atoms with Crippen molar-refractivity contribution < 1.29 is 4.79 Å². The summed E-state index contributed by atoms with van der Waals surface area (Å²) in [7, 11) is 0. The number of aromatic nitrogens is 1. The number of nitrogens with one attached hydrogen (secondary N) is 2. The van der Waals surface area contributed by atoms with Crippen molar-refractivity contribution in [3.8, 4) is 0 Å². The van der Waals surface area contributed by atoms with Gasteiger partial charge in [-0.05, 0) is 18.2 Å². The molecule has 13 heavy (non-hydrogen) atoms. The summed E-state index contributed by atoms with van der Waals surface area (Å²) in [5, 5.41) is 9.54. The van der Waals surface area contributed by atoms with E-state index in [-0.39, 0.29) is 0 Å². The number of hydrogen-bond donors (Lipinski definition) is 2. The van der Waals surface area contributed by atoms with Crippen LogP contribution in [0.5, 0.6) is 0 Å². The predicted octanol–water partition coefficient (Wildman–Crippen LogP) is 1.47. The van der Waals surface area contributed by atoms with Gasteiger partial charge in [-0.3, -0.25) is 4.79 Å². The summed E-state index contributed by atoms with van der Waals surface area (Å²) in [4.78, 5) is 14.3. The van der Waals surface area contributed by atoms with Gasteiger partial charge in [0.25, 0.3) is 0 Å². The summed E-state index contributed by atoms with van der Waals surface area (Å²) in [5.41, 5.74) is 0.570. The SMILES string of the molecule is N=C/C=C\Nc1cc(C=O)ccn1. The van der Waals surface area contributed by atoms with Crippen LogP contribution in [-0.2, 0) is 0 Å². The van der Waals surface area contributed by atoms with E-state index < -0.39 is 0 Å². The Kier molecular flexibility index (Phi) is 3.38. The van der Waals surface area contributed by atoms with Crippen LogP contribution < -0.4 is 5.32 Å². The number of pyridine rings is 1. The molecule has 0 amide bonds. The summed E-state index contributed by atoms with van der Waals surface area (Å²) in [6.07, 6.45) is 6.55. The lowest BCUT2D eigenvalue weighted by molar-refractivity contribution is 0.112. The molecule has 0 atom stereocenters. The lowest BCUT2D eigenvalue weighted by Gasteiger charge is -1.98. The molecule has 0 saturated carbocycles. The van der Waals surface area contributed by atoms with E-state index >= 15 is 0 Å². The molecule has 0 unspecified atom stereocenters. The van der Waals surface area contributed by atoms with Crippen LogP contribution in [0.1, 0.15) is 10.4 Å². The van der Waals surface area contributed by atoms with Crippen LogP contribution >= 0.6 is 0 Å². The third-order valence-electron chi connectivity index (χ3n) is 1.34. The number of nitrogens with zero attached hydrogens (tertiary/aromatic N) is 1. The minimum Gasteiger partial charge on any atom is -0.347 e. The first-order chi connectivity index (χ1) is 6.36. The van der Waals surface area contributed by atoms with E-state index in [4.69, 9.17) is 5.41 Å². The Balaban J connectivity index is 2.71. The highest BCUT2D eigenvalue weighted by molar-refractivity contribution is 5.76. The Hall–Kier alpha value is -1.97. The van der Waals surface area contributed by atoms with Crippen molar-refractivity contribution >= 4 is 18.3 Å². The summed E-state index contributed by atoms with van der Waals surface area (Å²) in [6, 6.07) is 3.25. The molecule has 0 radical (unpaired) electrons. The van der Waals surface area contributed by atoms with Crippen LogP contribution in [0.2, 0.25) is 0 Å². The van der Waals surface area contributed by atoms with Crippen molar-refractivity contribution in [3.05, 3.63) is 36.2 Å². The maximum absolute atomic E-state index is 10.4. The zero-order chi connectivity index (χ0) is 9.52. The van der Waals surface area contributed by atoms with Gasteiger partial charge in [-0.2, -0.15) is 0 Å². The van der Waals surface area contributed by atoms with Gasteiger partial charge in [0.05, 0.1) is 0 Å². The van der Waals surface area contributed by atoms with Crippen LogP contribution in [-0.4, -0.2) is 17.5 Å². The molecule has 0 aliphatic carbocycles. The average molecular weight is 175 g/mol. The van der Waals surface area contributed by atoms with E-state index in [1.165, 1.54) is 6.08 Å². The van der Waals surface area contributed by atoms with Crippen molar-refractivity contribution in [1.29, 1.82) is 5.41 Å². The van der Waals surface area contributed by atoms with Gasteiger partial charge in [0, 0.05) is 24.2 Å². The second-order valence-corrected chi connectivity index (χ2v) is 2.26. The number of carbonyl (C=O) groups excluding carboxylic acids is 1. The fourth-order valence-electron chi connectivity index (χ4n) is 0.781. The molecule has 4 heteroatoms. The molecule has 0 saturated heterocycles. The van der Waals surface area contributed by atoms with E-state index in [0.29, 0.717) is 11.4 Å². The second-order valence-electron chi connectivity index (χ2n) is 2.26. The molecule has 0 aliphatic heterocycles. The van der Waals surface area contributed by atoms with Crippen molar-refractivity contribution in [2.75, 3.05) is 5.32 Å². The Morgan fingerprint density at radius 2 is 2.38 bits per heavy atom. The number of allylic oxidation sites excluding steroid dienone is 1. The van der Waals surface area contributed by atoms with Crippen LogP contribution in [0.25, 0.3) is 0 Å². The topological polar surface area (TPSA) is 65.8 Å². The molecule has 0 fully saturated rings. The van der Waals surface area contributed by atoms with E-state index in [2.05, 4.69) is 10.3 Å². The van der Waals surface area contributed by atoms with Gasteiger partial charge >= 0.3 is 0 Å². The Bertz CT molecular complexity index is 333. The minimum atomic E-state index is 0.570. The third-order valence-corrected chi connectivity index (χ3v) is 1.34. The van der Waals surface area contributed by atoms with E-state index in [9.17, 15) is 4.79 Å². The maximum atomic E-state index is 10.4. The summed E-state index contributed by atoms with van der Waals surface area (Å²) in [6.45, 7) is 0. The van der Waals surface area contributed by atoms with E-state index in [1.807, 2.05) is 0 Å². The van der Waals surface area contributed by atoms with Crippen LogP contribution in [0.15, 0.2) is 30.6 Å². The lowest BCUT2D eigenvalue weighted by Crippen LogP contribution is -1.92. The highest BCUT2D eigenvalue weighted by Crippen LogP contribution is 2.03. The summed E-state index contributed by atoms with van der Waals surface area (Å²) in [5.74, 6) is 0.586. The Labute approximate surface area is 75.8 Å². The van der Waals surface area contributed by atoms with Gasteiger partial charge in [-0.1, -0.05) is 0 Å². The van der Waals surface area contributed by atoms with Crippen LogP contribution in [0.3, 0.4) is 0 Å². The van der Waals surface area contributed by atoms with Crippen molar-refractivity contribution in [2.24, 2.45) is 0 Å². The van der Waals surface area contributed by atoms with E-state index in [1.54, 1.807) is 24.5 Å². The van der Waals surface area contributed by atoms with Crippen molar-refractivity contribution in [3.63, 3.8) is 0 Å². The molecule has 66 valence electrons. The zero-order valence-electron chi connectivity index (χ0n) is 6.90. The van der Waals surface area contributed by atoms with Crippen molar-refractivity contribution in [2.45, 2.75) is 0 Å². The first-order valence-corrected chi connectivity index (χ1v) is 3.70. The summed E-state index contributed by atoms with van der Waals surface area (Å²) >= 11 is 0. The number of hydrogen-bond acceptors (Lipinski definition) is 4. The first-order valence-electron chi connectivity index (χ1n) is 3.70. The molecule has 1 aromatic heterocycles. The molecule has 2 N–H and O–H groups in total. The molecule has 1 rings (SSSR count). The molecular formula is C9H9N3O. The van der Waals surface area contributed by atoms with Crippen molar-refractivity contribution in [1.82, 2.24) is 4.98 Å². The molecule has 4 nitrogen and oxygen atoms in total. The molecule has 1 heterocycles. The fraction of sp³-hybridized carbons (Fsp3) is 0. The molecule has 0 spiro atoms. The fourth-order valence-corrected chi connectivity index (χ4v) is 0.781. The van der Waals surface area contributed by atoms with Crippen LogP contribution in [0, 0.1) is 5.41 Å². The Morgan fingerprint density at radius 3 is 3.08 bits per heavy atom. The second kappa shape index (κ2) is 4.82. The monoisotopic (exact) mass is 175 g/mol. The van der Waals surface area contributed by atoms with Gasteiger partial charge in [-0.25, -0.2) is 4.98 Å². The zero-order valence-corrected chi connectivity index (χ0v) is 6.90. The van der Waals surface area contributed by atoms with E-state index in [0.717, 1.165) is 12.5 Å². The molecule has 0 aliphatic rings. The normalized spacial score (nSPS) is 9.85. The highest BCUT2D eigenvalue weighted by atomic mass is 16.1. The van der Waals surface area contributed by atoms with Gasteiger partial charge in [0.2, 0.25) is 0 Å². The van der Waals surface area contributed by atoms with Gasteiger partial charge in [0.15, 0.2) is 0 Å². The third kappa shape index (κ3) is 2.86. The lowest BCUT2D eigenvalue weighted by atomic mass is 10.3. The van der Waals surface area contributed by atoms with Gasteiger partial charge in [-0.15, -0.1) is 0 Å². The van der Waals surface area contributed by atoms with Crippen LogP contribution in [0.4, 0.5) is 5.82 Å². The standard InChI is InChI=1S/C9H9N3O/c10-3-1-4-11-9-6-8(7-13)2-5-12-9/h1-7,10H,(H,11,12)/b4-1-,10-3?. The first kappa shape index (κ1) is 9.12. The maximum Gasteiger partial charge on any atom is 0.150 e. The number of anilines is 1. The van der Waals surface area contributed by atoms with Gasteiger partial charge < -0.3 is 10.7 Å².